The van der Waals surface area contributed by atoms with E-state index in [4.69, 9.17) is 14.4 Å². The van der Waals surface area contributed by atoms with Crippen molar-refractivity contribution in [2.75, 3.05) is 0 Å². The highest BCUT2D eigenvalue weighted by atomic mass is 16.3. The lowest BCUT2D eigenvalue weighted by Crippen LogP contribution is -2.03. The first-order valence-corrected chi connectivity index (χ1v) is 16.3. The van der Waals surface area contributed by atoms with E-state index in [-0.39, 0.29) is 0 Å². The van der Waals surface area contributed by atoms with E-state index < -0.39 is 0 Å². The van der Waals surface area contributed by atoms with Gasteiger partial charge in [-0.25, -0.2) is 9.97 Å². The van der Waals surface area contributed by atoms with Crippen molar-refractivity contribution in [1.82, 2.24) is 14.5 Å². The van der Waals surface area contributed by atoms with Crippen molar-refractivity contribution in [3.05, 3.63) is 152 Å². The molecule has 8 aromatic carbocycles. The van der Waals surface area contributed by atoms with E-state index in [1.54, 1.807) is 0 Å². The Morgan fingerprint density at radius 1 is 0.396 bits per heavy atom. The highest BCUT2D eigenvalue weighted by Crippen LogP contribution is 2.46. The fourth-order valence-electron chi connectivity index (χ4n) is 7.93. The van der Waals surface area contributed by atoms with Crippen molar-refractivity contribution < 1.29 is 4.42 Å². The van der Waals surface area contributed by atoms with Gasteiger partial charge < -0.3 is 4.42 Å². The third-order valence-electron chi connectivity index (χ3n) is 9.96. The van der Waals surface area contributed by atoms with Crippen molar-refractivity contribution in [3.63, 3.8) is 0 Å². The van der Waals surface area contributed by atoms with Crippen LogP contribution in [-0.4, -0.2) is 14.5 Å². The number of hydrogen-bond acceptors (Lipinski definition) is 3. The van der Waals surface area contributed by atoms with Gasteiger partial charge in [0.1, 0.15) is 11.2 Å². The summed E-state index contributed by atoms with van der Waals surface area (Å²) in [7, 11) is 0. The minimum atomic E-state index is 0.644. The van der Waals surface area contributed by atoms with Gasteiger partial charge >= 0.3 is 0 Å². The van der Waals surface area contributed by atoms with Gasteiger partial charge in [-0.05, 0) is 69.1 Å². The summed E-state index contributed by atoms with van der Waals surface area (Å²) in [6.45, 7) is 0. The lowest BCUT2D eigenvalue weighted by atomic mass is 9.95. The lowest BCUT2D eigenvalue weighted by molar-refractivity contribution is 0.669. The summed E-state index contributed by atoms with van der Waals surface area (Å²) in [6.07, 6.45) is 0. The smallest absolute Gasteiger partial charge is 0.235 e. The summed E-state index contributed by atoms with van der Waals surface area (Å²) in [5.74, 6) is 0.644. The second-order valence-corrected chi connectivity index (χ2v) is 12.5. The van der Waals surface area contributed by atoms with Crippen LogP contribution >= 0.6 is 0 Å². The first-order valence-electron chi connectivity index (χ1n) is 16.3. The highest BCUT2D eigenvalue weighted by molar-refractivity contribution is 6.38. The van der Waals surface area contributed by atoms with E-state index in [1.165, 1.54) is 37.9 Å². The maximum Gasteiger partial charge on any atom is 0.235 e. The zero-order valence-corrected chi connectivity index (χ0v) is 25.7. The molecule has 11 aromatic rings. The topological polar surface area (TPSA) is 43.9 Å². The number of rotatable bonds is 3. The molecule has 0 aliphatic carbocycles. The van der Waals surface area contributed by atoms with Gasteiger partial charge in [0, 0.05) is 32.5 Å². The SMILES string of the molecule is c1ccc(-c2cccc(-c3nc(-n4c5cccc6c7ccccc7c7cccc8oc9ccc4c(c9c87)c65)nc4ccccc34)c2)cc1. The maximum atomic E-state index is 6.55. The summed E-state index contributed by atoms with van der Waals surface area (Å²) < 4.78 is 8.80. The number of fused-ring (bicyclic) bond motifs is 4. The van der Waals surface area contributed by atoms with Crippen molar-refractivity contribution in [2.24, 2.45) is 0 Å². The third kappa shape index (κ3) is 3.43. The molecule has 11 rings (SSSR count). The monoisotopic (exact) mass is 611 g/mol. The summed E-state index contributed by atoms with van der Waals surface area (Å²) in [5, 5.41) is 10.5. The molecule has 0 atom stereocenters. The van der Waals surface area contributed by atoms with Crippen LogP contribution in [0, 0.1) is 0 Å². The molecule has 0 amide bonds. The van der Waals surface area contributed by atoms with Crippen LogP contribution in [0.4, 0.5) is 0 Å². The second kappa shape index (κ2) is 9.50. The Morgan fingerprint density at radius 2 is 1.02 bits per heavy atom. The Labute approximate surface area is 274 Å². The Balaban J connectivity index is 1.30. The summed E-state index contributed by atoms with van der Waals surface area (Å²) in [5.41, 5.74) is 9.10. The maximum absolute atomic E-state index is 6.55. The number of benzene rings is 7. The molecule has 0 N–H and O–H groups in total. The Morgan fingerprint density at radius 3 is 1.88 bits per heavy atom. The first-order chi connectivity index (χ1) is 23.8. The number of para-hydroxylation sites is 1. The third-order valence-corrected chi connectivity index (χ3v) is 9.96. The summed E-state index contributed by atoms with van der Waals surface area (Å²) in [6, 6.07) is 53.5. The van der Waals surface area contributed by atoms with E-state index in [0.717, 1.165) is 60.7 Å². The van der Waals surface area contributed by atoms with E-state index in [0.29, 0.717) is 5.95 Å². The van der Waals surface area contributed by atoms with E-state index in [1.807, 2.05) is 0 Å². The van der Waals surface area contributed by atoms with Crippen LogP contribution in [0.25, 0.3) is 105 Å². The molecule has 222 valence electrons. The molecule has 0 aliphatic rings. The van der Waals surface area contributed by atoms with Crippen LogP contribution in [0.5, 0.6) is 0 Å². The Hall–Kier alpha value is -6.52. The molecule has 0 radical (unpaired) electrons. The molecule has 3 heterocycles. The van der Waals surface area contributed by atoms with Crippen molar-refractivity contribution >= 4 is 76.2 Å². The molecular weight excluding hydrogens is 587 g/mol. The average Bonchev–Trinajstić information content (AvgIpc) is 3.70. The van der Waals surface area contributed by atoms with Gasteiger partial charge in [-0.15, -0.1) is 0 Å². The first kappa shape index (κ1) is 25.6. The zero-order chi connectivity index (χ0) is 31.3. The van der Waals surface area contributed by atoms with Crippen LogP contribution < -0.4 is 0 Å². The molecule has 4 heteroatoms. The summed E-state index contributed by atoms with van der Waals surface area (Å²) >= 11 is 0. The average molecular weight is 612 g/mol. The molecule has 0 unspecified atom stereocenters. The van der Waals surface area contributed by atoms with Gasteiger partial charge in [0.05, 0.1) is 22.2 Å². The van der Waals surface area contributed by atoms with Gasteiger partial charge in [-0.2, -0.15) is 0 Å². The minimum Gasteiger partial charge on any atom is -0.456 e. The molecule has 0 aliphatic heterocycles. The van der Waals surface area contributed by atoms with Gasteiger partial charge in [-0.1, -0.05) is 115 Å². The van der Waals surface area contributed by atoms with Crippen molar-refractivity contribution in [3.8, 4) is 28.3 Å². The predicted octanol–water partition coefficient (Wildman–Crippen LogP) is 11.7. The van der Waals surface area contributed by atoms with E-state index in [9.17, 15) is 0 Å². The van der Waals surface area contributed by atoms with Crippen molar-refractivity contribution in [1.29, 1.82) is 0 Å². The van der Waals surface area contributed by atoms with E-state index in [2.05, 4.69) is 156 Å². The van der Waals surface area contributed by atoms with Crippen LogP contribution in [0.15, 0.2) is 156 Å². The number of furan rings is 1. The number of nitrogens with zero attached hydrogens (tertiary/aromatic N) is 3. The van der Waals surface area contributed by atoms with Gasteiger partial charge in [0.25, 0.3) is 0 Å². The quantitative estimate of drug-likeness (QED) is 0.200. The fraction of sp³-hybridized carbons (Fsp3) is 0. The van der Waals surface area contributed by atoms with Crippen LogP contribution in [0.2, 0.25) is 0 Å². The van der Waals surface area contributed by atoms with Gasteiger partial charge in [0.15, 0.2) is 0 Å². The second-order valence-electron chi connectivity index (χ2n) is 12.5. The molecule has 48 heavy (non-hydrogen) atoms. The fourth-order valence-corrected chi connectivity index (χ4v) is 7.93. The van der Waals surface area contributed by atoms with Gasteiger partial charge in [0.2, 0.25) is 5.95 Å². The Kier molecular flexibility index (Phi) is 5.08. The highest BCUT2D eigenvalue weighted by Gasteiger charge is 2.24. The number of aromatic nitrogens is 3. The molecule has 0 saturated carbocycles. The van der Waals surface area contributed by atoms with Crippen molar-refractivity contribution in [2.45, 2.75) is 0 Å². The lowest BCUT2D eigenvalue weighted by Gasteiger charge is -2.12. The molecule has 3 aromatic heterocycles. The van der Waals surface area contributed by atoms with Gasteiger partial charge in [-0.3, -0.25) is 4.57 Å². The molecular formula is C44H25N3O. The predicted molar refractivity (Wildman–Crippen MR) is 198 cm³/mol. The number of hydrogen-bond donors (Lipinski definition) is 0. The zero-order valence-electron chi connectivity index (χ0n) is 25.7. The van der Waals surface area contributed by atoms with E-state index >= 15 is 0 Å². The Bertz CT molecular complexity index is 3060. The molecule has 0 spiro atoms. The molecule has 0 fully saturated rings. The standard InChI is InChI=1S/C44H25N3O/c1-2-11-26(12-3-1)27-13-8-14-28(25-27)43-33-17-6-7-20-34(33)45-44(46-43)47-35-21-9-18-31-29-15-4-5-16-30(29)32-19-10-22-37-40(32)42-38(48-37)24-23-36(47)41(42)39(31)35/h1-25H. The summed E-state index contributed by atoms with van der Waals surface area (Å²) in [4.78, 5) is 10.7. The largest absolute Gasteiger partial charge is 0.456 e. The normalized spacial score (nSPS) is 12.2. The van der Waals surface area contributed by atoms with Crippen LogP contribution in [0.3, 0.4) is 0 Å². The minimum absolute atomic E-state index is 0.644. The molecule has 0 bridgehead atoms. The van der Waals surface area contributed by atoms with Crippen LogP contribution in [-0.2, 0) is 0 Å². The molecule has 4 nitrogen and oxygen atoms in total. The molecule has 0 saturated heterocycles. The van der Waals surface area contributed by atoms with Crippen LogP contribution in [0.1, 0.15) is 0 Å².